The van der Waals surface area contributed by atoms with E-state index in [-0.39, 0.29) is 0 Å². The second-order valence-electron chi connectivity index (χ2n) is 9.42. The minimum Gasteiger partial charge on any atom is -0.358 e. The standard InChI is InChI=1S/C27H32N4/c1-20-27(24-7-3-4-8-25(24)28-20)22-10-12-23(13-11-22)29-16-18-30(19-17-29)31-15-14-21-6-2-5-9-26(21)31/h2-9,14-15,22-23,28H,10-13,16-19H2,1H3. The summed E-state index contributed by atoms with van der Waals surface area (Å²) in [6, 6.07) is 20.5. The number of piperazine rings is 1. The number of nitrogens with one attached hydrogen (secondary N) is 1. The van der Waals surface area contributed by atoms with Crippen molar-refractivity contribution in [1.29, 1.82) is 0 Å². The van der Waals surface area contributed by atoms with Crippen LogP contribution in [0.15, 0.2) is 60.8 Å². The van der Waals surface area contributed by atoms with E-state index >= 15 is 0 Å². The lowest BCUT2D eigenvalue weighted by Gasteiger charge is -2.43. The Morgan fingerprint density at radius 3 is 2.39 bits per heavy atom. The Morgan fingerprint density at radius 2 is 1.55 bits per heavy atom. The zero-order chi connectivity index (χ0) is 20.8. The van der Waals surface area contributed by atoms with E-state index in [1.54, 1.807) is 5.56 Å². The number of fused-ring (bicyclic) bond motifs is 2. The number of nitrogens with zero attached hydrogens (tertiary/aromatic N) is 3. The number of para-hydroxylation sites is 2. The van der Waals surface area contributed by atoms with Crippen LogP contribution in [-0.2, 0) is 0 Å². The summed E-state index contributed by atoms with van der Waals surface area (Å²) in [4.78, 5) is 6.38. The summed E-state index contributed by atoms with van der Waals surface area (Å²) in [5.74, 6) is 0.708. The predicted octanol–water partition coefficient (Wildman–Crippen LogP) is 5.41. The van der Waals surface area contributed by atoms with E-state index < -0.39 is 0 Å². The minimum atomic E-state index is 0.708. The van der Waals surface area contributed by atoms with Crippen LogP contribution in [0, 0.1) is 6.92 Å². The zero-order valence-corrected chi connectivity index (χ0v) is 18.4. The number of H-pyrrole nitrogens is 1. The normalized spacial score (nSPS) is 23.1. The summed E-state index contributed by atoms with van der Waals surface area (Å²) in [6.45, 7) is 6.83. The molecule has 1 aliphatic carbocycles. The van der Waals surface area contributed by atoms with Crippen molar-refractivity contribution >= 4 is 21.8 Å². The van der Waals surface area contributed by atoms with Crippen molar-refractivity contribution in [2.75, 3.05) is 31.2 Å². The van der Waals surface area contributed by atoms with Crippen LogP contribution in [0.3, 0.4) is 0 Å². The van der Waals surface area contributed by atoms with Crippen molar-refractivity contribution in [2.45, 2.75) is 44.6 Å². The van der Waals surface area contributed by atoms with Crippen molar-refractivity contribution in [3.8, 4) is 0 Å². The molecule has 4 aromatic rings. The monoisotopic (exact) mass is 412 g/mol. The van der Waals surface area contributed by atoms with Gasteiger partial charge in [-0.25, -0.2) is 0 Å². The molecule has 2 aromatic carbocycles. The average molecular weight is 413 g/mol. The van der Waals surface area contributed by atoms with Crippen molar-refractivity contribution in [2.24, 2.45) is 0 Å². The largest absolute Gasteiger partial charge is 0.358 e. The molecule has 0 amide bonds. The van der Waals surface area contributed by atoms with Gasteiger partial charge in [-0.2, -0.15) is 0 Å². The molecule has 160 valence electrons. The van der Waals surface area contributed by atoms with Crippen LogP contribution in [-0.4, -0.2) is 46.8 Å². The van der Waals surface area contributed by atoms with Gasteiger partial charge in [-0.15, -0.1) is 0 Å². The molecular formula is C27H32N4. The molecule has 1 saturated carbocycles. The number of aromatic nitrogens is 2. The van der Waals surface area contributed by atoms with E-state index in [0.717, 1.165) is 19.1 Å². The highest BCUT2D eigenvalue weighted by Gasteiger charge is 2.30. The molecule has 1 aliphatic heterocycles. The van der Waals surface area contributed by atoms with Gasteiger partial charge in [-0.05, 0) is 62.3 Å². The molecule has 0 atom stereocenters. The van der Waals surface area contributed by atoms with E-state index in [1.165, 1.54) is 66.3 Å². The van der Waals surface area contributed by atoms with Crippen molar-refractivity contribution < 1.29 is 0 Å². The smallest absolute Gasteiger partial charge is 0.0694 e. The van der Waals surface area contributed by atoms with E-state index in [2.05, 4.69) is 87.3 Å². The fraction of sp³-hybridized carbons (Fsp3) is 0.407. The topological polar surface area (TPSA) is 27.2 Å². The van der Waals surface area contributed by atoms with Crippen LogP contribution in [0.5, 0.6) is 0 Å². The van der Waals surface area contributed by atoms with Gasteiger partial charge in [0, 0.05) is 60.4 Å². The number of rotatable bonds is 3. The fourth-order valence-electron chi connectivity index (χ4n) is 6.16. The van der Waals surface area contributed by atoms with Crippen LogP contribution in [0.4, 0.5) is 0 Å². The predicted molar refractivity (Wildman–Crippen MR) is 129 cm³/mol. The lowest BCUT2D eigenvalue weighted by molar-refractivity contribution is 0.134. The maximum Gasteiger partial charge on any atom is 0.0694 e. The molecule has 2 fully saturated rings. The Balaban J connectivity index is 1.10. The quantitative estimate of drug-likeness (QED) is 0.487. The first-order valence-corrected chi connectivity index (χ1v) is 11.9. The second kappa shape index (κ2) is 7.76. The van der Waals surface area contributed by atoms with Crippen LogP contribution >= 0.6 is 0 Å². The molecule has 1 N–H and O–H groups in total. The molecule has 1 saturated heterocycles. The number of aromatic amines is 1. The van der Waals surface area contributed by atoms with Gasteiger partial charge in [-0.3, -0.25) is 9.58 Å². The molecule has 2 aliphatic rings. The Kier molecular flexibility index (Phi) is 4.76. The Labute approximate surface area is 184 Å². The van der Waals surface area contributed by atoms with Crippen molar-refractivity contribution in [1.82, 2.24) is 14.6 Å². The average Bonchev–Trinajstić information content (AvgIpc) is 3.40. The number of benzene rings is 2. The molecule has 4 nitrogen and oxygen atoms in total. The van der Waals surface area contributed by atoms with E-state index in [4.69, 9.17) is 0 Å². The molecule has 2 aromatic heterocycles. The summed E-state index contributed by atoms with van der Waals surface area (Å²) in [7, 11) is 0. The molecule has 0 bridgehead atoms. The summed E-state index contributed by atoms with van der Waals surface area (Å²) in [6.07, 6.45) is 7.52. The first-order chi connectivity index (χ1) is 15.3. The van der Waals surface area contributed by atoms with Gasteiger partial charge in [-0.1, -0.05) is 36.4 Å². The molecule has 0 radical (unpaired) electrons. The third-order valence-electron chi connectivity index (χ3n) is 7.74. The van der Waals surface area contributed by atoms with Crippen LogP contribution < -0.4 is 5.01 Å². The maximum atomic E-state index is 3.61. The van der Waals surface area contributed by atoms with Gasteiger partial charge >= 0.3 is 0 Å². The summed E-state index contributed by atoms with van der Waals surface area (Å²) in [5, 5.41) is 5.28. The highest BCUT2D eigenvalue weighted by atomic mass is 15.6. The molecule has 4 heteroatoms. The Morgan fingerprint density at radius 1 is 0.806 bits per heavy atom. The third-order valence-corrected chi connectivity index (χ3v) is 7.74. The minimum absolute atomic E-state index is 0.708. The number of hydrogen-bond acceptors (Lipinski definition) is 2. The van der Waals surface area contributed by atoms with Gasteiger partial charge in [0.2, 0.25) is 0 Å². The molecular weight excluding hydrogens is 380 g/mol. The Bertz CT molecular complexity index is 1190. The first-order valence-electron chi connectivity index (χ1n) is 11.9. The van der Waals surface area contributed by atoms with Crippen molar-refractivity contribution in [3.63, 3.8) is 0 Å². The van der Waals surface area contributed by atoms with Gasteiger partial charge in [0.05, 0.1) is 5.52 Å². The SMILES string of the molecule is Cc1[nH]c2ccccc2c1C1CCC(N2CCN(n3ccc4ccccc43)CC2)CC1. The molecule has 0 unspecified atom stereocenters. The number of aryl methyl sites for hydroxylation is 1. The van der Waals surface area contributed by atoms with E-state index in [1.807, 2.05) is 0 Å². The zero-order valence-electron chi connectivity index (χ0n) is 18.4. The summed E-state index contributed by atoms with van der Waals surface area (Å²) in [5.41, 5.74) is 5.58. The van der Waals surface area contributed by atoms with Gasteiger partial charge in [0.15, 0.2) is 0 Å². The lowest BCUT2D eigenvalue weighted by Crippen LogP contribution is -2.54. The fourth-order valence-corrected chi connectivity index (χ4v) is 6.16. The molecule has 0 spiro atoms. The van der Waals surface area contributed by atoms with E-state index in [9.17, 15) is 0 Å². The second-order valence-corrected chi connectivity index (χ2v) is 9.42. The Hall–Kier alpha value is -2.72. The lowest BCUT2D eigenvalue weighted by atomic mass is 9.80. The van der Waals surface area contributed by atoms with Gasteiger partial charge in [0.25, 0.3) is 0 Å². The maximum absolute atomic E-state index is 3.61. The highest BCUT2D eigenvalue weighted by Crippen LogP contribution is 2.39. The van der Waals surface area contributed by atoms with Crippen LogP contribution in [0.2, 0.25) is 0 Å². The van der Waals surface area contributed by atoms with Gasteiger partial charge < -0.3 is 9.99 Å². The third kappa shape index (κ3) is 3.34. The van der Waals surface area contributed by atoms with Crippen molar-refractivity contribution in [3.05, 3.63) is 72.1 Å². The molecule has 31 heavy (non-hydrogen) atoms. The van der Waals surface area contributed by atoms with Gasteiger partial charge in [0.1, 0.15) is 0 Å². The van der Waals surface area contributed by atoms with E-state index in [0.29, 0.717) is 5.92 Å². The highest BCUT2D eigenvalue weighted by molar-refractivity contribution is 5.85. The number of hydrogen-bond donors (Lipinski definition) is 1. The van der Waals surface area contributed by atoms with Crippen LogP contribution in [0.1, 0.15) is 42.9 Å². The first kappa shape index (κ1) is 19.0. The summed E-state index contributed by atoms with van der Waals surface area (Å²) < 4.78 is 2.36. The molecule has 6 rings (SSSR count). The van der Waals surface area contributed by atoms with Crippen LogP contribution in [0.25, 0.3) is 21.8 Å². The summed E-state index contributed by atoms with van der Waals surface area (Å²) >= 11 is 0. The molecule has 3 heterocycles.